The molecule has 18 heteroatoms. The van der Waals surface area contributed by atoms with Crippen molar-refractivity contribution in [3.05, 3.63) is 65.7 Å². The van der Waals surface area contributed by atoms with Gasteiger partial charge < -0.3 is 36.0 Å². The van der Waals surface area contributed by atoms with Crippen molar-refractivity contribution in [3.63, 3.8) is 0 Å². The van der Waals surface area contributed by atoms with E-state index in [0.29, 0.717) is 37.1 Å². The third-order valence-corrected chi connectivity index (χ3v) is 7.84. The molecule has 7 amide bonds. The van der Waals surface area contributed by atoms with Crippen molar-refractivity contribution in [2.24, 2.45) is 0 Å². The van der Waals surface area contributed by atoms with Crippen LogP contribution in [-0.2, 0) is 55.7 Å². The van der Waals surface area contributed by atoms with Crippen LogP contribution in [0.15, 0.2) is 54.6 Å². The minimum absolute atomic E-state index is 0.0990. The van der Waals surface area contributed by atoms with Crippen molar-refractivity contribution in [1.29, 1.82) is 0 Å². The number of unbranched alkanes of at least 4 members (excludes halogenated alkanes) is 2. The molecular weight excluding hydrogens is 670 g/mol. The molecule has 1 unspecified atom stereocenters. The van der Waals surface area contributed by atoms with E-state index in [9.17, 15) is 38.1 Å². The number of imide groups is 1. The molecule has 266 valence electrons. The lowest BCUT2D eigenvalue weighted by molar-refractivity contribution is -0.138. The molecule has 2 aromatic carbocycles. The third kappa shape index (κ3) is 15.1. The highest BCUT2D eigenvalue weighted by atomic mass is 31.2. The lowest BCUT2D eigenvalue weighted by Gasteiger charge is -2.19. The number of anilines is 1. The number of carbonyl (C=O) groups excluding carboxylic acids is 7. The molecule has 16 nitrogen and oxygen atoms in total. The Morgan fingerprint density at radius 1 is 0.780 bits per heavy atom. The van der Waals surface area contributed by atoms with E-state index in [2.05, 4.69) is 31.1 Å². The molecule has 0 aromatic heterocycles. The first kappa shape index (κ1) is 39.6. The lowest BCUT2D eigenvalue weighted by atomic mass is 10.1. The van der Waals surface area contributed by atoms with Crippen LogP contribution in [-0.4, -0.2) is 90.9 Å². The van der Waals surface area contributed by atoms with Crippen LogP contribution < -0.4 is 26.6 Å². The molecule has 0 spiro atoms. The molecule has 2 radical (unpaired) electrons. The number of likely N-dealkylation sites (tertiary alicyclic amines) is 1. The maximum Gasteiger partial charge on any atom is 0.261 e. The second-order valence-corrected chi connectivity index (χ2v) is 12.8. The molecule has 0 bridgehead atoms. The fourth-order valence-electron chi connectivity index (χ4n) is 4.76. The van der Waals surface area contributed by atoms with Crippen molar-refractivity contribution in [3.8, 4) is 0 Å². The zero-order chi connectivity index (χ0) is 36.5. The van der Waals surface area contributed by atoms with E-state index in [0.717, 1.165) is 5.56 Å². The van der Waals surface area contributed by atoms with Crippen molar-refractivity contribution in [2.45, 2.75) is 57.6 Å². The molecule has 2 atom stereocenters. The van der Waals surface area contributed by atoms with E-state index < -0.39 is 50.2 Å². The number of hydrogen-bond donors (Lipinski definition) is 6. The van der Waals surface area contributed by atoms with Gasteiger partial charge in [0, 0.05) is 37.9 Å². The SMILES string of the molecule is [B]P(=O)(O)OCc1ccc(NC(=O)CNC(=O)[C@H](Cc2ccccc2)NC(=O)CNC(=O)CNC(=O)CCCCCN2C(=O)CCC2=O)cc1. The summed E-state index contributed by atoms with van der Waals surface area (Å²) in [5.74, 6) is -3.20. The molecule has 3 rings (SSSR count). The Balaban J connectivity index is 1.38. The predicted octanol–water partition coefficient (Wildman–Crippen LogP) is 0.196. The first-order valence-corrected chi connectivity index (χ1v) is 17.6. The van der Waals surface area contributed by atoms with Gasteiger partial charge in [-0.15, -0.1) is 0 Å². The number of benzene rings is 2. The molecule has 1 fully saturated rings. The molecule has 6 N–H and O–H groups in total. The first-order valence-electron chi connectivity index (χ1n) is 15.9. The van der Waals surface area contributed by atoms with Crippen LogP contribution in [0, 0.1) is 0 Å². The number of nitrogens with one attached hydrogen (secondary N) is 5. The van der Waals surface area contributed by atoms with Crippen LogP contribution in [0.5, 0.6) is 0 Å². The van der Waals surface area contributed by atoms with Crippen LogP contribution in [0.4, 0.5) is 5.69 Å². The van der Waals surface area contributed by atoms with Gasteiger partial charge in [-0.25, -0.2) is 0 Å². The molecule has 1 heterocycles. The fraction of sp³-hybridized carbons (Fsp3) is 0.406. The van der Waals surface area contributed by atoms with Gasteiger partial charge in [-0.2, -0.15) is 0 Å². The van der Waals surface area contributed by atoms with Crippen LogP contribution in [0.25, 0.3) is 0 Å². The molecule has 0 saturated carbocycles. The molecule has 50 heavy (non-hydrogen) atoms. The Hall–Kier alpha value is -4.86. The van der Waals surface area contributed by atoms with Gasteiger partial charge >= 0.3 is 0 Å². The average Bonchev–Trinajstić information content (AvgIpc) is 3.40. The summed E-state index contributed by atoms with van der Waals surface area (Å²) in [6.45, 7) is -1.12. The van der Waals surface area contributed by atoms with Crippen LogP contribution in [0.1, 0.15) is 49.7 Å². The Bertz CT molecular complexity index is 1550. The summed E-state index contributed by atoms with van der Waals surface area (Å²) in [6, 6.07) is 13.9. The van der Waals surface area contributed by atoms with E-state index in [4.69, 9.17) is 12.5 Å². The van der Waals surface area contributed by atoms with Gasteiger partial charge in [-0.05, 0) is 36.1 Å². The number of hydrogen-bond acceptors (Lipinski definition) is 9. The second-order valence-electron chi connectivity index (χ2n) is 11.4. The van der Waals surface area contributed by atoms with Crippen molar-refractivity contribution in [1.82, 2.24) is 26.2 Å². The van der Waals surface area contributed by atoms with E-state index in [1.165, 1.54) is 17.0 Å². The van der Waals surface area contributed by atoms with Gasteiger partial charge in [-0.1, -0.05) is 48.9 Å². The normalized spacial score (nSPS) is 14.3. The van der Waals surface area contributed by atoms with Gasteiger partial charge in [-0.3, -0.25) is 43.0 Å². The van der Waals surface area contributed by atoms with Gasteiger partial charge in [0.2, 0.25) is 48.9 Å². The molecule has 1 aliphatic rings. The second kappa shape index (κ2) is 20.0. The largest absolute Gasteiger partial charge is 0.347 e. The van der Waals surface area contributed by atoms with Crippen LogP contribution in [0.2, 0.25) is 0 Å². The smallest absolute Gasteiger partial charge is 0.261 e. The zero-order valence-electron chi connectivity index (χ0n) is 27.4. The van der Waals surface area contributed by atoms with E-state index in [1.54, 1.807) is 42.5 Å². The van der Waals surface area contributed by atoms with Gasteiger partial charge in [0.15, 0.2) is 0 Å². The quantitative estimate of drug-likeness (QED) is 0.0473. The van der Waals surface area contributed by atoms with Gasteiger partial charge in [0.1, 0.15) is 6.04 Å². The summed E-state index contributed by atoms with van der Waals surface area (Å²) < 4.78 is 15.7. The minimum atomic E-state index is -4.13. The number of nitrogens with zero attached hydrogens (tertiary/aromatic N) is 1. The Labute approximate surface area is 290 Å². The van der Waals surface area contributed by atoms with Gasteiger partial charge in [0.05, 0.1) is 26.2 Å². The van der Waals surface area contributed by atoms with E-state index in [1.807, 2.05) is 0 Å². The predicted molar refractivity (Wildman–Crippen MR) is 181 cm³/mol. The number of rotatable bonds is 20. The summed E-state index contributed by atoms with van der Waals surface area (Å²) in [5.41, 5.74) is 1.66. The first-order chi connectivity index (χ1) is 23.8. The molecule has 0 aliphatic carbocycles. The summed E-state index contributed by atoms with van der Waals surface area (Å²) >= 11 is 0. The fourth-order valence-corrected chi connectivity index (χ4v) is 5.10. The highest BCUT2D eigenvalue weighted by Gasteiger charge is 2.28. The van der Waals surface area contributed by atoms with E-state index >= 15 is 0 Å². The molecule has 1 aliphatic heterocycles. The lowest BCUT2D eigenvalue weighted by Crippen LogP contribution is -2.52. The standard InChI is InChI=1S/C32H40BN6O10P/c33-50(47,48)49-21-23-10-12-24(13-11-23)37-28(42)20-36-32(46)25(17-22-7-3-1-4-8-22)38-29(43)19-35-27(41)18-34-26(40)9-5-2-6-16-39-30(44)14-15-31(39)45/h1,3-4,7-8,10-13,25H,2,5-6,9,14-21H2,(H,34,40)(H,35,41)(H,36,46)(H,37,42)(H,38,43)(H,47,48)/t25-/m0/s1. The summed E-state index contributed by atoms with van der Waals surface area (Å²) in [7, 11) is 0.812. The number of carbonyl (C=O) groups is 7. The summed E-state index contributed by atoms with van der Waals surface area (Å²) in [6.07, 6.45) is 2.44. The highest BCUT2D eigenvalue weighted by Crippen LogP contribution is 2.36. The monoisotopic (exact) mass is 710 g/mol. The van der Waals surface area contributed by atoms with E-state index in [-0.39, 0.29) is 56.6 Å². The van der Waals surface area contributed by atoms with Crippen molar-refractivity contribution in [2.75, 3.05) is 31.5 Å². The third-order valence-electron chi connectivity index (χ3n) is 7.34. The Kier molecular flexibility index (Phi) is 15.8. The van der Waals surface area contributed by atoms with Crippen LogP contribution in [0.3, 0.4) is 0 Å². The van der Waals surface area contributed by atoms with Crippen molar-refractivity contribution >= 4 is 62.1 Å². The number of amides is 7. The minimum Gasteiger partial charge on any atom is -0.347 e. The summed E-state index contributed by atoms with van der Waals surface area (Å²) in [5, 5.41) is 12.5. The maximum atomic E-state index is 13.0. The van der Waals surface area contributed by atoms with Gasteiger partial charge in [0.25, 0.3) is 7.47 Å². The molecular formula is C32H40BN6O10P. The molecule has 1 saturated heterocycles. The average molecular weight is 710 g/mol. The topological polar surface area (TPSA) is 229 Å². The van der Waals surface area contributed by atoms with Crippen molar-refractivity contribution < 1.29 is 47.5 Å². The van der Waals surface area contributed by atoms with Crippen LogP contribution >= 0.6 is 7.47 Å². The zero-order valence-corrected chi connectivity index (χ0v) is 28.2. The summed E-state index contributed by atoms with van der Waals surface area (Å²) in [4.78, 5) is 96.1. The Morgan fingerprint density at radius 3 is 2.06 bits per heavy atom. The highest BCUT2D eigenvalue weighted by molar-refractivity contribution is 7.78. The molecule has 2 aromatic rings. The Morgan fingerprint density at radius 2 is 1.40 bits per heavy atom. The maximum absolute atomic E-state index is 13.0.